The van der Waals surface area contributed by atoms with Crippen molar-refractivity contribution in [3.05, 3.63) is 99.6 Å². The van der Waals surface area contributed by atoms with Crippen LogP contribution in [0.3, 0.4) is 0 Å². The van der Waals surface area contributed by atoms with Crippen LogP contribution in [-0.2, 0) is 24.2 Å². The molecular formula is C24H18ClFN2O4. The van der Waals surface area contributed by atoms with Gasteiger partial charge in [-0.15, -0.1) is 0 Å². The first-order valence-corrected chi connectivity index (χ1v) is 10.2. The average Bonchev–Trinajstić information content (AvgIpc) is 2.84. The molecule has 0 aliphatic carbocycles. The summed E-state index contributed by atoms with van der Waals surface area (Å²) in [6.45, 7) is -0.0685. The number of carboxylic acids is 1. The summed E-state index contributed by atoms with van der Waals surface area (Å²) in [4.78, 5) is 43.5. The predicted molar refractivity (Wildman–Crippen MR) is 115 cm³/mol. The van der Waals surface area contributed by atoms with Gasteiger partial charge in [-0.1, -0.05) is 23.7 Å². The van der Waals surface area contributed by atoms with E-state index in [2.05, 4.69) is 4.98 Å². The molecule has 162 valence electrons. The summed E-state index contributed by atoms with van der Waals surface area (Å²) < 4.78 is 14.3. The predicted octanol–water partition coefficient (Wildman–Crippen LogP) is 3.95. The molecule has 0 saturated heterocycles. The number of amides is 1. The fraction of sp³-hybridized carbons (Fsp3) is 0.167. The highest BCUT2D eigenvalue weighted by molar-refractivity contribution is 6.30. The Morgan fingerprint density at radius 1 is 1.16 bits per heavy atom. The number of hydrogen-bond acceptors (Lipinski definition) is 4. The molecule has 1 amide bonds. The van der Waals surface area contributed by atoms with Crippen LogP contribution < -0.4 is 0 Å². The molecule has 3 aromatic rings. The monoisotopic (exact) mass is 452 g/mol. The van der Waals surface area contributed by atoms with Gasteiger partial charge in [-0.25, -0.2) is 9.18 Å². The number of rotatable bonds is 5. The quantitative estimate of drug-likeness (QED) is 0.633. The van der Waals surface area contributed by atoms with E-state index in [1.807, 2.05) is 0 Å². The van der Waals surface area contributed by atoms with Gasteiger partial charge in [-0.05, 0) is 53.6 Å². The van der Waals surface area contributed by atoms with Gasteiger partial charge in [0.2, 0.25) is 0 Å². The zero-order valence-electron chi connectivity index (χ0n) is 16.8. The first kappa shape index (κ1) is 21.6. The third kappa shape index (κ3) is 4.38. The molecule has 1 atom stereocenters. The highest BCUT2D eigenvalue weighted by atomic mass is 35.5. The second-order valence-electron chi connectivity index (χ2n) is 7.54. The molecule has 4 rings (SSSR count). The van der Waals surface area contributed by atoms with Crippen molar-refractivity contribution < 1.29 is 23.9 Å². The molecule has 0 spiro atoms. The van der Waals surface area contributed by atoms with Gasteiger partial charge in [0.25, 0.3) is 5.91 Å². The zero-order valence-corrected chi connectivity index (χ0v) is 17.6. The Morgan fingerprint density at radius 2 is 1.97 bits per heavy atom. The first-order valence-electron chi connectivity index (χ1n) is 9.87. The second-order valence-corrected chi connectivity index (χ2v) is 7.97. The van der Waals surface area contributed by atoms with E-state index in [4.69, 9.17) is 16.7 Å². The van der Waals surface area contributed by atoms with E-state index in [1.165, 1.54) is 11.0 Å². The standard InChI is InChI=1S/C24H18ClFN2O4/c25-16-5-7-18-15(10-16)11-22(29)21(12-17-3-1-2-8-27-17)28(23(18)30)13-14-4-6-19(24(31)32)20(26)9-14/h1-10,21H,11-13H2,(H,31,32)/t21-/m1/s1. The lowest BCUT2D eigenvalue weighted by atomic mass is 9.99. The number of carbonyl (C=O) groups is 3. The Hall–Kier alpha value is -3.58. The summed E-state index contributed by atoms with van der Waals surface area (Å²) in [5, 5.41) is 9.48. The molecule has 8 heteroatoms. The average molecular weight is 453 g/mol. The molecule has 1 aliphatic heterocycles. The largest absolute Gasteiger partial charge is 0.478 e. The topological polar surface area (TPSA) is 87.6 Å². The first-order chi connectivity index (χ1) is 15.3. The maximum absolute atomic E-state index is 14.3. The number of ketones is 1. The number of carbonyl (C=O) groups excluding carboxylic acids is 2. The van der Waals surface area contributed by atoms with Crippen LogP contribution in [0.15, 0.2) is 60.8 Å². The van der Waals surface area contributed by atoms with Crippen LogP contribution in [0.1, 0.15) is 37.5 Å². The molecule has 1 N–H and O–H groups in total. The van der Waals surface area contributed by atoms with E-state index in [0.29, 0.717) is 27.4 Å². The zero-order chi connectivity index (χ0) is 22.8. The van der Waals surface area contributed by atoms with E-state index in [9.17, 15) is 18.8 Å². The summed E-state index contributed by atoms with van der Waals surface area (Å²) in [7, 11) is 0. The number of nitrogens with zero attached hydrogens (tertiary/aromatic N) is 2. The Kier molecular flexibility index (Phi) is 6.01. The molecule has 0 saturated carbocycles. The summed E-state index contributed by atoms with van der Waals surface area (Å²) >= 11 is 6.08. The highest BCUT2D eigenvalue weighted by Gasteiger charge is 2.35. The number of benzene rings is 2. The molecule has 2 aromatic carbocycles. The third-order valence-electron chi connectivity index (χ3n) is 5.42. The van der Waals surface area contributed by atoms with Crippen molar-refractivity contribution in [3.63, 3.8) is 0 Å². The number of carboxylic acid groups (broad SMARTS) is 1. The fourth-order valence-corrected chi connectivity index (χ4v) is 4.04. The molecule has 6 nitrogen and oxygen atoms in total. The lowest BCUT2D eigenvalue weighted by Crippen LogP contribution is -2.45. The van der Waals surface area contributed by atoms with E-state index in [1.54, 1.807) is 42.6 Å². The molecule has 0 radical (unpaired) electrons. The molecule has 0 fully saturated rings. The Labute approximate surface area is 188 Å². The van der Waals surface area contributed by atoms with E-state index in [0.717, 1.165) is 12.1 Å². The number of halogens is 2. The maximum Gasteiger partial charge on any atom is 0.338 e. The molecule has 0 bridgehead atoms. The molecular weight excluding hydrogens is 435 g/mol. The maximum atomic E-state index is 14.3. The molecule has 1 aliphatic rings. The van der Waals surface area contributed by atoms with Gasteiger partial charge in [0, 0.05) is 41.9 Å². The molecule has 1 aromatic heterocycles. The second kappa shape index (κ2) is 8.88. The van der Waals surface area contributed by atoms with Crippen molar-refractivity contribution in [1.82, 2.24) is 9.88 Å². The highest BCUT2D eigenvalue weighted by Crippen LogP contribution is 2.27. The van der Waals surface area contributed by atoms with Gasteiger partial charge < -0.3 is 10.0 Å². The van der Waals surface area contributed by atoms with Crippen molar-refractivity contribution in [2.24, 2.45) is 0 Å². The van der Waals surface area contributed by atoms with Crippen molar-refractivity contribution in [3.8, 4) is 0 Å². The lowest BCUT2D eigenvalue weighted by molar-refractivity contribution is -0.122. The Bertz CT molecular complexity index is 1220. The van der Waals surface area contributed by atoms with Crippen LogP contribution in [-0.4, -0.2) is 38.7 Å². The van der Waals surface area contributed by atoms with E-state index >= 15 is 0 Å². The van der Waals surface area contributed by atoms with Crippen molar-refractivity contribution in [2.75, 3.05) is 0 Å². The lowest BCUT2D eigenvalue weighted by Gasteiger charge is -2.29. The SMILES string of the molecule is O=C(O)c1ccc(CN2C(=O)c3ccc(Cl)cc3CC(=O)[C@H]2Cc2ccccn2)cc1F. The fourth-order valence-electron chi connectivity index (χ4n) is 3.84. The van der Waals surface area contributed by atoms with Crippen LogP contribution in [0.4, 0.5) is 4.39 Å². The smallest absolute Gasteiger partial charge is 0.338 e. The number of hydrogen-bond donors (Lipinski definition) is 1. The number of Topliss-reactive ketones (excluding diaryl/α,β-unsaturated/α-hetero) is 1. The van der Waals surface area contributed by atoms with Gasteiger partial charge in [-0.2, -0.15) is 0 Å². The number of pyridine rings is 1. The van der Waals surface area contributed by atoms with Gasteiger partial charge in [-0.3, -0.25) is 14.6 Å². The summed E-state index contributed by atoms with van der Waals surface area (Å²) in [5.74, 6) is -2.86. The summed E-state index contributed by atoms with van der Waals surface area (Å²) in [6, 6.07) is 12.9. The van der Waals surface area contributed by atoms with E-state index < -0.39 is 23.4 Å². The van der Waals surface area contributed by atoms with Gasteiger partial charge in [0.05, 0.1) is 11.6 Å². The van der Waals surface area contributed by atoms with Crippen LogP contribution in [0.25, 0.3) is 0 Å². The van der Waals surface area contributed by atoms with Crippen molar-refractivity contribution in [2.45, 2.75) is 25.4 Å². The summed E-state index contributed by atoms with van der Waals surface area (Å²) in [6.07, 6.45) is 1.84. The van der Waals surface area contributed by atoms with E-state index in [-0.39, 0.29) is 31.1 Å². The van der Waals surface area contributed by atoms with Crippen molar-refractivity contribution >= 4 is 29.3 Å². The number of aromatic carboxylic acids is 1. The summed E-state index contributed by atoms with van der Waals surface area (Å²) in [5.41, 5.74) is 1.44. The normalized spacial score (nSPS) is 15.9. The third-order valence-corrected chi connectivity index (χ3v) is 5.65. The van der Waals surface area contributed by atoms with Crippen LogP contribution in [0, 0.1) is 5.82 Å². The minimum atomic E-state index is -1.38. The van der Waals surface area contributed by atoms with Crippen molar-refractivity contribution in [1.29, 1.82) is 0 Å². The van der Waals surface area contributed by atoms with Crippen LogP contribution in [0.5, 0.6) is 0 Å². The van der Waals surface area contributed by atoms with Gasteiger partial charge in [0.15, 0.2) is 5.78 Å². The van der Waals surface area contributed by atoms with Gasteiger partial charge in [0.1, 0.15) is 5.82 Å². The number of fused-ring (bicyclic) bond motifs is 1. The number of aromatic nitrogens is 1. The minimum Gasteiger partial charge on any atom is -0.478 e. The van der Waals surface area contributed by atoms with Crippen LogP contribution >= 0.6 is 11.6 Å². The Balaban J connectivity index is 1.75. The molecule has 32 heavy (non-hydrogen) atoms. The van der Waals surface area contributed by atoms with Gasteiger partial charge >= 0.3 is 5.97 Å². The Morgan fingerprint density at radius 3 is 2.66 bits per heavy atom. The van der Waals surface area contributed by atoms with Crippen LogP contribution in [0.2, 0.25) is 5.02 Å². The molecule has 2 heterocycles. The minimum absolute atomic E-state index is 0.0297. The molecule has 0 unspecified atom stereocenters.